The highest BCUT2D eigenvalue weighted by atomic mass is 32.1. The minimum Gasteiger partial charge on any atom is -0.383 e. The SMILES string of the molecule is C#CCNC(=O)NCC(C)(O)c1cccs1. The summed E-state index contributed by atoms with van der Waals surface area (Å²) in [5, 5.41) is 17.0. The van der Waals surface area contributed by atoms with Crippen molar-refractivity contribution in [3.05, 3.63) is 22.4 Å². The second-order valence-electron chi connectivity index (χ2n) is 3.49. The number of thiophene rings is 1. The zero-order valence-electron chi connectivity index (χ0n) is 8.99. The van der Waals surface area contributed by atoms with Gasteiger partial charge in [0.05, 0.1) is 13.1 Å². The van der Waals surface area contributed by atoms with Gasteiger partial charge in [-0.15, -0.1) is 17.8 Å². The van der Waals surface area contributed by atoms with Crippen LogP contribution in [0.15, 0.2) is 17.5 Å². The van der Waals surface area contributed by atoms with E-state index in [1.54, 1.807) is 6.92 Å². The van der Waals surface area contributed by atoms with E-state index in [2.05, 4.69) is 16.6 Å². The Morgan fingerprint density at radius 3 is 3.00 bits per heavy atom. The third-order valence-corrected chi connectivity index (χ3v) is 3.12. The summed E-state index contributed by atoms with van der Waals surface area (Å²) in [5.74, 6) is 2.29. The van der Waals surface area contributed by atoms with Gasteiger partial charge in [-0.3, -0.25) is 0 Å². The molecule has 2 amide bonds. The third-order valence-electron chi connectivity index (χ3n) is 2.00. The minimum absolute atomic E-state index is 0.143. The maximum atomic E-state index is 11.2. The van der Waals surface area contributed by atoms with Crippen LogP contribution in [0.4, 0.5) is 4.79 Å². The van der Waals surface area contributed by atoms with Crippen molar-refractivity contribution in [1.29, 1.82) is 0 Å². The van der Waals surface area contributed by atoms with Crippen LogP contribution in [0.25, 0.3) is 0 Å². The van der Waals surface area contributed by atoms with Crippen molar-refractivity contribution in [3.63, 3.8) is 0 Å². The number of nitrogens with one attached hydrogen (secondary N) is 2. The van der Waals surface area contributed by atoms with E-state index >= 15 is 0 Å². The average Bonchev–Trinajstić information content (AvgIpc) is 2.77. The Labute approximate surface area is 98.7 Å². The van der Waals surface area contributed by atoms with Crippen LogP contribution in [0.3, 0.4) is 0 Å². The van der Waals surface area contributed by atoms with Gasteiger partial charge >= 0.3 is 6.03 Å². The van der Waals surface area contributed by atoms with E-state index in [1.165, 1.54) is 11.3 Å². The summed E-state index contributed by atoms with van der Waals surface area (Å²) in [6, 6.07) is 3.30. The third kappa shape index (κ3) is 3.57. The molecular formula is C11H14N2O2S. The first kappa shape index (κ1) is 12.6. The molecule has 0 aliphatic heterocycles. The Bertz CT molecular complexity index is 379. The highest BCUT2D eigenvalue weighted by Crippen LogP contribution is 2.24. The zero-order chi connectivity index (χ0) is 12.0. The molecule has 86 valence electrons. The largest absolute Gasteiger partial charge is 0.383 e. The first-order valence-corrected chi connectivity index (χ1v) is 5.66. The van der Waals surface area contributed by atoms with Crippen LogP contribution in [0.5, 0.6) is 0 Å². The normalized spacial score (nSPS) is 13.6. The van der Waals surface area contributed by atoms with Crippen molar-refractivity contribution < 1.29 is 9.90 Å². The van der Waals surface area contributed by atoms with Crippen molar-refractivity contribution in [1.82, 2.24) is 10.6 Å². The van der Waals surface area contributed by atoms with E-state index in [-0.39, 0.29) is 19.1 Å². The van der Waals surface area contributed by atoms with E-state index < -0.39 is 5.60 Å². The number of aliphatic hydroxyl groups is 1. The Morgan fingerprint density at radius 2 is 2.44 bits per heavy atom. The van der Waals surface area contributed by atoms with Crippen molar-refractivity contribution >= 4 is 17.4 Å². The van der Waals surface area contributed by atoms with Gasteiger partial charge in [0.2, 0.25) is 0 Å². The predicted octanol–water partition coefficient (Wildman–Crippen LogP) is 0.888. The van der Waals surface area contributed by atoms with Crippen LogP contribution in [0, 0.1) is 12.3 Å². The minimum atomic E-state index is -1.05. The topological polar surface area (TPSA) is 61.4 Å². The zero-order valence-corrected chi connectivity index (χ0v) is 9.80. The van der Waals surface area contributed by atoms with Gasteiger partial charge in [-0.25, -0.2) is 4.79 Å². The van der Waals surface area contributed by atoms with Crippen LogP contribution >= 0.6 is 11.3 Å². The van der Waals surface area contributed by atoms with Crippen LogP contribution in [-0.2, 0) is 5.60 Å². The van der Waals surface area contributed by atoms with Crippen LogP contribution in [-0.4, -0.2) is 24.2 Å². The molecule has 0 radical (unpaired) electrons. The molecule has 4 nitrogen and oxygen atoms in total. The van der Waals surface area contributed by atoms with E-state index in [0.29, 0.717) is 0 Å². The summed E-state index contributed by atoms with van der Waals surface area (Å²) in [6.45, 7) is 1.97. The predicted molar refractivity (Wildman–Crippen MR) is 64.1 cm³/mol. The average molecular weight is 238 g/mol. The molecule has 0 aromatic carbocycles. The van der Waals surface area contributed by atoms with Gasteiger partial charge in [-0.1, -0.05) is 12.0 Å². The van der Waals surface area contributed by atoms with Crippen molar-refractivity contribution in [3.8, 4) is 12.3 Å². The summed E-state index contributed by atoms with van der Waals surface area (Å²) >= 11 is 1.45. The van der Waals surface area contributed by atoms with Gasteiger partial charge in [0.1, 0.15) is 5.60 Å². The Hall–Kier alpha value is -1.51. The molecule has 16 heavy (non-hydrogen) atoms. The van der Waals surface area contributed by atoms with Gasteiger partial charge in [-0.05, 0) is 18.4 Å². The van der Waals surface area contributed by atoms with Crippen LogP contribution in [0.2, 0.25) is 0 Å². The van der Waals surface area contributed by atoms with Gasteiger partial charge < -0.3 is 15.7 Å². The highest BCUT2D eigenvalue weighted by molar-refractivity contribution is 7.10. The quantitative estimate of drug-likeness (QED) is 0.682. The second-order valence-corrected chi connectivity index (χ2v) is 4.44. The molecule has 3 N–H and O–H groups in total. The van der Waals surface area contributed by atoms with Crippen molar-refractivity contribution in [2.24, 2.45) is 0 Å². The van der Waals surface area contributed by atoms with E-state index in [1.807, 2.05) is 17.5 Å². The number of urea groups is 1. The molecule has 0 saturated heterocycles. The van der Waals surface area contributed by atoms with E-state index in [4.69, 9.17) is 6.42 Å². The summed E-state index contributed by atoms with van der Waals surface area (Å²) in [4.78, 5) is 12.0. The molecule has 0 saturated carbocycles. The molecule has 1 heterocycles. The van der Waals surface area contributed by atoms with Crippen molar-refractivity contribution in [2.45, 2.75) is 12.5 Å². The van der Waals surface area contributed by atoms with Crippen LogP contribution < -0.4 is 10.6 Å². The molecule has 0 bridgehead atoms. The number of carbonyl (C=O) groups is 1. The summed E-state index contributed by atoms with van der Waals surface area (Å²) in [6.07, 6.45) is 5.00. The maximum Gasteiger partial charge on any atom is 0.315 e. The number of amides is 2. The molecule has 1 unspecified atom stereocenters. The fourth-order valence-electron chi connectivity index (χ4n) is 1.12. The van der Waals surface area contributed by atoms with Crippen LogP contribution in [0.1, 0.15) is 11.8 Å². The van der Waals surface area contributed by atoms with Gasteiger partial charge in [0.25, 0.3) is 0 Å². The second kappa shape index (κ2) is 5.54. The summed E-state index contributed by atoms with van der Waals surface area (Å²) in [5.41, 5.74) is -1.05. The monoisotopic (exact) mass is 238 g/mol. The Balaban J connectivity index is 2.43. The fourth-order valence-corrected chi connectivity index (χ4v) is 1.91. The summed E-state index contributed by atoms with van der Waals surface area (Å²) < 4.78 is 0. The lowest BCUT2D eigenvalue weighted by atomic mass is 10.1. The lowest BCUT2D eigenvalue weighted by molar-refractivity contribution is 0.0632. The standard InChI is InChI=1S/C11H14N2O2S/c1-3-6-12-10(14)13-8-11(2,15)9-5-4-7-16-9/h1,4-5,7,15H,6,8H2,2H3,(H2,12,13,14). The van der Waals surface area contributed by atoms with E-state index in [0.717, 1.165) is 4.88 Å². The molecule has 0 aliphatic rings. The molecule has 1 atom stereocenters. The first-order chi connectivity index (χ1) is 7.56. The number of terminal acetylenes is 1. The van der Waals surface area contributed by atoms with Gasteiger partial charge in [-0.2, -0.15) is 0 Å². The molecule has 0 aliphatic carbocycles. The van der Waals surface area contributed by atoms with E-state index in [9.17, 15) is 9.90 Å². The lowest BCUT2D eigenvalue weighted by Gasteiger charge is -2.22. The van der Waals surface area contributed by atoms with Gasteiger partial charge in [0.15, 0.2) is 0 Å². The first-order valence-electron chi connectivity index (χ1n) is 4.78. The Kier molecular flexibility index (Phi) is 4.35. The Morgan fingerprint density at radius 1 is 1.69 bits per heavy atom. The molecule has 1 aromatic heterocycles. The highest BCUT2D eigenvalue weighted by Gasteiger charge is 2.24. The molecule has 5 heteroatoms. The number of carbonyl (C=O) groups excluding carboxylic acids is 1. The molecule has 0 fully saturated rings. The smallest absolute Gasteiger partial charge is 0.315 e. The molecular weight excluding hydrogens is 224 g/mol. The maximum absolute atomic E-state index is 11.2. The molecule has 1 rings (SSSR count). The number of hydrogen-bond donors (Lipinski definition) is 3. The van der Waals surface area contributed by atoms with Gasteiger partial charge in [0, 0.05) is 4.88 Å². The van der Waals surface area contributed by atoms with Crippen molar-refractivity contribution in [2.75, 3.05) is 13.1 Å². The fraction of sp³-hybridized carbons (Fsp3) is 0.364. The number of hydrogen-bond acceptors (Lipinski definition) is 3. The summed E-state index contributed by atoms with van der Waals surface area (Å²) in [7, 11) is 0. The molecule has 0 spiro atoms. The lowest BCUT2D eigenvalue weighted by Crippen LogP contribution is -2.43. The number of rotatable bonds is 4. The molecule has 1 aromatic rings.